The molecular weight excluding hydrogens is 410 g/mol. The van der Waals surface area contributed by atoms with Crippen molar-refractivity contribution in [2.75, 3.05) is 23.3 Å². The zero-order chi connectivity index (χ0) is 21.0. The molecule has 11 heteroatoms. The van der Waals surface area contributed by atoms with Gasteiger partial charge in [-0.05, 0) is 31.0 Å². The van der Waals surface area contributed by atoms with Crippen LogP contribution in [0.3, 0.4) is 0 Å². The first-order chi connectivity index (χ1) is 13.8. The number of nitro benzene ring substituents is 1. The van der Waals surface area contributed by atoms with Crippen molar-refractivity contribution < 1.29 is 23.2 Å². The van der Waals surface area contributed by atoms with Crippen LogP contribution < -0.4 is 15.0 Å². The van der Waals surface area contributed by atoms with Crippen LogP contribution in [0, 0.1) is 16.0 Å². The minimum Gasteiger partial charge on any atom is -0.427 e. The van der Waals surface area contributed by atoms with Crippen molar-refractivity contribution >= 4 is 34.7 Å². The van der Waals surface area contributed by atoms with Crippen molar-refractivity contribution in [2.24, 2.45) is 5.92 Å². The fourth-order valence-electron chi connectivity index (χ4n) is 3.14. The maximum absolute atomic E-state index is 12.6. The number of nitrogens with one attached hydrogen (secondary N) is 1. The molecule has 1 aliphatic heterocycles. The SMILES string of the molecule is O=C(Nc1ccc(Cl)cn1)C1CCCN(c2ccc([N+](=O)[O-])c(OC(F)F)c2)C1. The molecule has 1 unspecified atom stereocenters. The first-order valence-corrected chi connectivity index (χ1v) is 9.12. The van der Waals surface area contributed by atoms with Crippen LogP contribution in [0.1, 0.15) is 12.8 Å². The van der Waals surface area contributed by atoms with E-state index in [9.17, 15) is 23.7 Å². The predicted octanol–water partition coefficient (Wildman–Crippen LogP) is 4.10. The van der Waals surface area contributed by atoms with Crippen LogP contribution >= 0.6 is 11.6 Å². The maximum Gasteiger partial charge on any atom is 0.387 e. The van der Waals surface area contributed by atoms with E-state index in [-0.39, 0.29) is 11.8 Å². The number of halogens is 3. The van der Waals surface area contributed by atoms with Crippen LogP contribution in [0.4, 0.5) is 26.0 Å². The third kappa shape index (κ3) is 5.29. The van der Waals surface area contributed by atoms with Gasteiger partial charge in [0.1, 0.15) is 5.82 Å². The molecule has 1 aromatic carbocycles. The fraction of sp³-hybridized carbons (Fsp3) is 0.333. The lowest BCUT2D eigenvalue weighted by molar-refractivity contribution is -0.386. The summed E-state index contributed by atoms with van der Waals surface area (Å²) in [6, 6.07) is 6.97. The molecule has 29 heavy (non-hydrogen) atoms. The molecule has 1 atom stereocenters. The molecule has 154 valence electrons. The number of carbonyl (C=O) groups is 1. The lowest BCUT2D eigenvalue weighted by Crippen LogP contribution is -2.40. The van der Waals surface area contributed by atoms with Gasteiger partial charge in [-0.3, -0.25) is 14.9 Å². The number of nitro groups is 1. The highest BCUT2D eigenvalue weighted by atomic mass is 35.5. The van der Waals surface area contributed by atoms with Gasteiger partial charge in [-0.1, -0.05) is 11.6 Å². The Bertz CT molecular complexity index is 898. The third-order valence-corrected chi connectivity index (χ3v) is 4.72. The molecule has 1 saturated heterocycles. The van der Waals surface area contributed by atoms with Gasteiger partial charge in [0.15, 0.2) is 0 Å². The van der Waals surface area contributed by atoms with Crippen LogP contribution in [0.15, 0.2) is 36.5 Å². The summed E-state index contributed by atoms with van der Waals surface area (Å²) >= 11 is 5.78. The van der Waals surface area contributed by atoms with Crippen molar-refractivity contribution in [3.63, 3.8) is 0 Å². The maximum atomic E-state index is 12.6. The lowest BCUT2D eigenvalue weighted by atomic mass is 9.96. The van der Waals surface area contributed by atoms with E-state index in [1.165, 1.54) is 18.3 Å². The second kappa shape index (κ2) is 8.99. The number of aromatic nitrogens is 1. The number of piperidine rings is 1. The van der Waals surface area contributed by atoms with Gasteiger partial charge in [-0.15, -0.1) is 0 Å². The van der Waals surface area contributed by atoms with E-state index in [1.54, 1.807) is 12.1 Å². The quantitative estimate of drug-likeness (QED) is 0.551. The number of amides is 1. The summed E-state index contributed by atoms with van der Waals surface area (Å²) in [5.41, 5.74) is -0.0810. The molecular formula is C18H17ClF2N4O4. The fourth-order valence-corrected chi connectivity index (χ4v) is 3.26. The Morgan fingerprint density at radius 2 is 2.17 bits per heavy atom. The monoisotopic (exact) mass is 426 g/mol. The van der Waals surface area contributed by atoms with Gasteiger partial charge in [0, 0.05) is 37.1 Å². The molecule has 1 fully saturated rings. The van der Waals surface area contributed by atoms with E-state index < -0.39 is 23.0 Å². The van der Waals surface area contributed by atoms with Crippen molar-refractivity contribution in [3.05, 3.63) is 51.7 Å². The number of alkyl halides is 2. The first kappa shape index (κ1) is 20.7. The predicted molar refractivity (Wildman–Crippen MR) is 103 cm³/mol. The van der Waals surface area contributed by atoms with Gasteiger partial charge < -0.3 is 15.0 Å². The van der Waals surface area contributed by atoms with Gasteiger partial charge in [-0.25, -0.2) is 4.98 Å². The standard InChI is InChI=1S/C18H17ClF2N4O4/c19-12-3-6-16(22-9-12)23-17(26)11-2-1-7-24(10-11)13-4-5-14(25(27)28)15(8-13)29-18(20)21/h3-6,8-9,11,18H,1-2,7,10H2,(H,22,23,26). The Hall–Kier alpha value is -3.01. The molecule has 1 amide bonds. The summed E-state index contributed by atoms with van der Waals surface area (Å²) in [6.45, 7) is -2.28. The van der Waals surface area contributed by atoms with Gasteiger partial charge in [-0.2, -0.15) is 8.78 Å². The van der Waals surface area contributed by atoms with Crippen LogP contribution in [0.5, 0.6) is 5.75 Å². The molecule has 0 spiro atoms. The molecule has 2 aromatic rings. The Balaban J connectivity index is 1.73. The second-order valence-electron chi connectivity index (χ2n) is 6.42. The van der Waals surface area contributed by atoms with Crippen LogP contribution in [0.25, 0.3) is 0 Å². The van der Waals surface area contributed by atoms with Crippen molar-refractivity contribution in [2.45, 2.75) is 19.5 Å². The number of rotatable bonds is 6. The highest BCUT2D eigenvalue weighted by molar-refractivity contribution is 6.30. The van der Waals surface area contributed by atoms with E-state index in [2.05, 4.69) is 15.0 Å². The largest absolute Gasteiger partial charge is 0.427 e. The summed E-state index contributed by atoms with van der Waals surface area (Å²) in [5, 5.41) is 14.2. The summed E-state index contributed by atoms with van der Waals surface area (Å²) in [6.07, 6.45) is 2.75. The molecule has 1 N–H and O–H groups in total. The number of carbonyl (C=O) groups excluding carboxylic acids is 1. The number of nitrogens with zero attached hydrogens (tertiary/aromatic N) is 3. The Labute approximate surface area is 169 Å². The number of anilines is 2. The molecule has 8 nitrogen and oxygen atoms in total. The number of ether oxygens (including phenoxy) is 1. The van der Waals surface area contributed by atoms with Crippen LogP contribution in [-0.4, -0.2) is 35.5 Å². The molecule has 1 aliphatic rings. The minimum atomic E-state index is -3.18. The molecule has 0 bridgehead atoms. The number of hydrogen-bond acceptors (Lipinski definition) is 6. The highest BCUT2D eigenvalue weighted by Gasteiger charge is 2.28. The molecule has 0 saturated carbocycles. The zero-order valence-corrected chi connectivity index (χ0v) is 15.8. The molecule has 0 radical (unpaired) electrons. The Morgan fingerprint density at radius 3 is 2.83 bits per heavy atom. The average molecular weight is 427 g/mol. The zero-order valence-electron chi connectivity index (χ0n) is 15.1. The molecule has 3 rings (SSSR count). The Kier molecular flexibility index (Phi) is 6.42. The second-order valence-corrected chi connectivity index (χ2v) is 6.86. The van der Waals surface area contributed by atoms with Gasteiger partial charge in [0.25, 0.3) is 0 Å². The normalized spacial score (nSPS) is 16.6. The summed E-state index contributed by atoms with van der Waals surface area (Å²) in [4.78, 5) is 28.6. The number of pyridine rings is 1. The van der Waals surface area contributed by atoms with E-state index >= 15 is 0 Å². The minimum absolute atomic E-state index is 0.226. The summed E-state index contributed by atoms with van der Waals surface area (Å²) in [5.74, 6) is -0.731. The Morgan fingerprint density at radius 1 is 1.38 bits per heavy atom. The lowest BCUT2D eigenvalue weighted by Gasteiger charge is -2.33. The molecule has 2 heterocycles. The van der Waals surface area contributed by atoms with Crippen molar-refractivity contribution in [3.8, 4) is 5.75 Å². The van der Waals surface area contributed by atoms with E-state index in [4.69, 9.17) is 11.6 Å². The van der Waals surface area contributed by atoms with Crippen LogP contribution in [0.2, 0.25) is 5.02 Å². The highest BCUT2D eigenvalue weighted by Crippen LogP contribution is 2.34. The van der Waals surface area contributed by atoms with Crippen molar-refractivity contribution in [1.82, 2.24) is 4.98 Å². The molecule has 1 aromatic heterocycles. The number of hydrogen-bond donors (Lipinski definition) is 1. The number of benzene rings is 1. The van der Waals surface area contributed by atoms with Crippen molar-refractivity contribution in [1.29, 1.82) is 0 Å². The van der Waals surface area contributed by atoms with Gasteiger partial charge in [0.05, 0.1) is 15.9 Å². The first-order valence-electron chi connectivity index (χ1n) is 8.74. The average Bonchev–Trinajstić information content (AvgIpc) is 2.69. The van der Waals surface area contributed by atoms with E-state index in [1.807, 2.05) is 4.90 Å². The van der Waals surface area contributed by atoms with E-state index in [0.717, 1.165) is 6.07 Å². The van der Waals surface area contributed by atoms with Crippen LogP contribution in [-0.2, 0) is 4.79 Å². The molecule has 0 aliphatic carbocycles. The van der Waals surface area contributed by atoms with Gasteiger partial charge in [0.2, 0.25) is 11.7 Å². The topological polar surface area (TPSA) is 97.6 Å². The van der Waals surface area contributed by atoms with Gasteiger partial charge >= 0.3 is 12.3 Å². The van der Waals surface area contributed by atoms with E-state index in [0.29, 0.717) is 42.5 Å². The smallest absolute Gasteiger partial charge is 0.387 e. The third-order valence-electron chi connectivity index (χ3n) is 4.49. The summed E-state index contributed by atoms with van der Waals surface area (Å²) < 4.78 is 29.5. The summed E-state index contributed by atoms with van der Waals surface area (Å²) in [7, 11) is 0.